The zero-order valence-electron chi connectivity index (χ0n) is 16.3. The fourth-order valence-corrected chi connectivity index (χ4v) is 2.94. The lowest BCUT2D eigenvalue weighted by Gasteiger charge is -2.20. The molecule has 0 saturated heterocycles. The average molecular weight is 435 g/mol. The Hall–Kier alpha value is -1.62. The van der Waals surface area contributed by atoms with Crippen LogP contribution in [-0.2, 0) is 20.2 Å². The molecule has 0 aliphatic carbocycles. The minimum absolute atomic E-state index is 0.0595. The van der Waals surface area contributed by atoms with Crippen molar-refractivity contribution in [1.29, 1.82) is 0 Å². The predicted octanol–water partition coefficient (Wildman–Crippen LogP) is 2.95. The third-order valence-corrected chi connectivity index (χ3v) is 8.04. The van der Waals surface area contributed by atoms with Crippen molar-refractivity contribution in [1.82, 2.24) is 0 Å². The SMILES string of the molecule is CC(C)(CCC(=O)c1ccc(C(=O)CCC(C)(C)S(=O)(=O)O)cc1)S(=O)(=O)O. The van der Waals surface area contributed by atoms with Crippen LogP contribution in [0.5, 0.6) is 0 Å². The van der Waals surface area contributed by atoms with Crippen LogP contribution in [0.1, 0.15) is 74.1 Å². The Morgan fingerprint density at radius 1 is 0.714 bits per heavy atom. The molecule has 10 heteroatoms. The molecule has 0 radical (unpaired) electrons. The van der Waals surface area contributed by atoms with E-state index in [4.69, 9.17) is 9.11 Å². The van der Waals surface area contributed by atoms with Crippen LogP contribution in [0, 0.1) is 0 Å². The number of Topliss-reactive ketones (excluding diaryl/α,β-unsaturated/α-hetero) is 2. The highest BCUT2D eigenvalue weighted by Crippen LogP contribution is 2.24. The fraction of sp³-hybridized carbons (Fsp3) is 0.556. The summed E-state index contributed by atoms with van der Waals surface area (Å²) in [5.74, 6) is -0.661. The van der Waals surface area contributed by atoms with Gasteiger partial charge in [-0.15, -0.1) is 0 Å². The summed E-state index contributed by atoms with van der Waals surface area (Å²) in [6, 6.07) is 5.74. The van der Waals surface area contributed by atoms with E-state index < -0.39 is 29.7 Å². The Bertz CT molecular complexity index is 861. The van der Waals surface area contributed by atoms with Crippen molar-refractivity contribution in [2.75, 3.05) is 0 Å². The fourth-order valence-electron chi connectivity index (χ4n) is 2.22. The molecule has 0 unspecified atom stereocenters. The standard InChI is InChI=1S/C18H26O8S2/c1-17(2,27(21,22)23)11-9-15(19)13-5-7-14(8-6-13)16(20)10-12-18(3,4)28(24,25)26/h5-8H,9-12H2,1-4H3,(H,21,22,23)(H,24,25,26). The van der Waals surface area contributed by atoms with Crippen molar-refractivity contribution >= 4 is 31.8 Å². The van der Waals surface area contributed by atoms with Crippen LogP contribution in [-0.4, -0.2) is 47.0 Å². The van der Waals surface area contributed by atoms with Gasteiger partial charge in [0.05, 0.1) is 9.49 Å². The summed E-state index contributed by atoms with van der Waals surface area (Å²) in [6.45, 7) is 5.30. The van der Waals surface area contributed by atoms with Gasteiger partial charge in [0, 0.05) is 24.0 Å². The second-order valence-corrected chi connectivity index (χ2v) is 12.0. The van der Waals surface area contributed by atoms with Gasteiger partial charge < -0.3 is 0 Å². The van der Waals surface area contributed by atoms with E-state index in [0.717, 1.165) is 0 Å². The summed E-state index contributed by atoms with van der Waals surface area (Å²) in [7, 11) is -8.57. The molecule has 0 aliphatic rings. The van der Waals surface area contributed by atoms with Gasteiger partial charge >= 0.3 is 0 Å². The zero-order valence-corrected chi connectivity index (χ0v) is 17.9. The van der Waals surface area contributed by atoms with E-state index in [0.29, 0.717) is 11.1 Å². The van der Waals surface area contributed by atoms with Crippen molar-refractivity contribution in [2.45, 2.75) is 62.9 Å². The van der Waals surface area contributed by atoms with Gasteiger partial charge in [-0.25, -0.2) is 0 Å². The Morgan fingerprint density at radius 2 is 0.964 bits per heavy atom. The van der Waals surface area contributed by atoms with Crippen LogP contribution >= 0.6 is 0 Å². The molecule has 158 valence electrons. The number of carbonyl (C=O) groups excluding carboxylic acids is 2. The molecule has 0 atom stereocenters. The van der Waals surface area contributed by atoms with Crippen molar-refractivity contribution in [3.05, 3.63) is 35.4 Å². The van der Waals surface area contributed by atoms with Gasteiger partial charge in [0.15, 0.2) is 11.6 Å². The first-order chi connectivity index (χ1) is 12.5. The summed E-state index contributed by atoms with van der Waals surface area (Å²) < 4.78 is 60.5. The van der Waals surface area contributed by atoms with E-state index in [2.05, 4.69) is 0 Å². The van der Waals surface area contributed by atoms with Gasteiger partial charge in [0.2, 0.25) is 0 Å². The Kier molecular flexibility index (Phi) is 7.32. The first-order valence-electron chi connectivity index (χ1n) is 8.58. The van der Waals surface area contributed by atoms with Gasteiger partial charge in [-0.3, -0.25) is 18.7 Å². The molecule has 0 aromatic heterocycles. The molecule has 1 aromatic carbocycles. The first-order valence-corrected chi connectivity index (χ1v) is 11.5. The predicted molar refractivity (Wildman–Crippen MR) is 105 cm³/mol. The molecule has 0 spiro atoms. The largest absolute Gasteiger partial charge is 0.294 e. The highest BCUT2D eigenvalue weighted by atomic mass is 32.2. The van der Waals surface area contributed by atoms with E-state index >= 15 is 0 Å². The second-order valence-electron chi connectivity index (χ2n) is 7.89. The highest BCUT2D eigenvalue weighted by Gasteiger charge is 2.34. The molecule has 1 aromatic rings. The molecule has 0 saturated carbocycles. The van der Waals surface area contributed by atoms with Crippen molar-refractivity contribution in [3.63, 3.8) is 0 Å². The topological polar surface area (TPSA) is 143 Å². The number of rotatable bonds is 10. The number of hydrogen-bond donors (Lipinski definition) is 2. The monoisotopic (exact) mass is 434 g/mol. The van der Waals surface area contributed by atoms with E-state index in [9.17, 15) is 26.4 Å². The molecular formula is C18H26O8S2. The summed E-state index contributed by atoms with van der Waals surface area (Å²) in [4.78, 5) is 24.4. The molecule has 0 heterocycles. The normalized spacial score (nSPS) is 13.4. The van der Waals surface area contributed by atoms with Gasteiger partial charge in [0.25, 0.3) is 20.2 Å². The maximum absolute atomic E-state index is 12.2. The third kappa shape index (κ3) is 6.20. The summed E-state index contributed by atoms with van der Waals surface area (Å²) in [5, 5.41) is 0. The molecule has 8 nitrogen and oxygen atoms in total. The van der Waals surface area contributed by atoms with Crippen LogP contribution in [0.3, 0.4) is 0 Å². The third-order valence-electron chi connectivity index (χ3n) is 4.83. The van der Waals surface area contributed by atoms with Gasteiger partial charge in [0.1, 0.15) is 0 Å². The molecule has 0 aliphatic heterocycles. The second kappa shape index (κ2) is 8.40. The van der Waals surface area contributed by atoms with E-state index in [1.807, 2.05) is 0 Å². The minimum atomic E-state index is -4.28. The highest BCUT2D eigenvalue weighted by molar-refractivity contribution is 7.87. The quantitative estimate of drug-likeness (QED) is 0.422. The van der Waals surface area contributed by atoms with E-state index in [1.54, 1.807) is 0 Å². The zero-order chi connectivity index (χ0) is 22.0. The van der Waals surface area contributed by atoms with Crippen LogP contribution in [0.4, 0.5) is 0 Å². The van der Waals surface area contributed by atoms with Crippen LogP contribution in [0.2, 0.25) is 0 Å². The van der Waals surface area contributed by atoms with Crippen molar-refractivity contribution < 1.29 is 35.5 Å². The summed E-state index contributed by atoms with van der Waals surface area (Å²) >= 11 is 0. The van der Waals surface area contributed by atoms with Gasteiger partial charge in [-0.1, -0.05) is 24.3 Å². The Morgan fingerprint density at radius 3 is 1.18 bits per heavy atom. The first kappa shape index (κ1) is 24.4. The maximum atomic E-state index is 12.2. The van der Waals surface area contributed by atoms with Crippen molar-refractivity contribution in [2.24, 2.45) is 0 Å². The lowest BCUT2D eigenvalue weighted by molar-refractivity contribution is 0.0965. The Labute approximate surface area is 165 Å². The van der Waals surface area contributed by atoms with E-state index in [1.165, 1.54) is 52.0 Å². The molecule has 0 amide bonds. The van der Waals surface area contributed by atoms with Crippen molar-refractivity contribution in [3.8, 4) is 0 Å². The molecular weight excluding hydrogens is 408 g/mol. The number of hydrogen-bond acceptors (Lipinski definition) is 6. The average Bonchev–Trinajstić information content (AvgIpc) is 2.55. The summed E-state index contributed by atoms with van der Waals surface area (Å²) in [5.41, 5.74) is 0.585. The molecule has 2 N–H and O–H groups in total. The Balaban J connectivity index is 2.75. The lowest BCUT2D eigenvalue weighted by Crippen LogP contribution is -2.32. The van der Waals surface area contributed by atoms with Gasteiger partial charge in [-0.2, -0.15) is 16.8 Å². The molecule has 0 fully saturated rings. The molecule has 28 heavy (non-hydrogen) atoms. The molecule has 0 bridgehead atoms. The molecule has 1 rings (SSSR count). The number of carbonyl (C=O) groups is 2. The lowest BCUT2D eigenvalue weighted by atomic mass is 9.97. The number of benzene rings is 1. The van der Waals surface area contributed by atoms with Crippen LogP contribution < -0.4 is 0 Å². The summed E-state index contributed by atoms with van der Waals surface area (Å²) in [6.07, 6.45) is -0.308. The van der Waals surface area contributed by atoms with Gasteiger partial charge in [-0.05, 0) is 40.5 Å². The van der Waals surface area contributed by atoms with Crippen LogP contribution in [0.25, 0.3) is 0 Å². The number of ketones is 2. The van der Waals surface area contributed by atoms with E-state index in [-0.39, 0.29) is 37.2 Å². The maximum Gasteiger partial charge on any atom is 0.270 e. The van der Waals surface area contributed by atoms with Crippen LogP contribution in [0.15, 0.2) is 24.3 Å². The minimum Gasteiger partial charge on any atom is -0.294 e. The smallest absolute Gasteiger partial charge is 0.270 e.